The Morgan fingerprint density at radius 2 is 1.50 bits per heavy atom. The van der Waals surface area contributed by atoms with Gasteiger partial charge in [0, 0.05) is 16.8 Å². The summed E-state index contributed by atoms with van der Waals surface area (Å²) in [6.07, 6.45) is 1.05. The van der Waals surface area contributed by atoms with Gasteiger partial charge in [0.05, 0.1) is 5.69 Å². The summed E-state index contributed by atoms with van der Waals surface area (Å²) in [5, 5.41) is 0. The first-order valence-electron chi connectivity index (χ1n) is 10.2. The van der Waals surface area contributed by atoms with E-state index in [4.69, 9.17) is 4.98 Å². The van der Waals surface area contributed by atoms with E-state index in [-0.39, 0.29) is 0 Å². The Kier molecular flexibility index (Phi) is 5.84. The van der Waals surface area contributed by atoms with Gasteiger partial charge in [0.2, 0.25) is 0 Å². The number of aromatic nitrogens is 1. The van der Waals surface area contributed by atoms with Gasteiger partial charge < -0.3 is 0 Å². The van der Waals surface area contributed by atoms with Crippen LogP contribution in [0.15, 0.2) is 54.1 Å². The summed E-state index contributed by atoms with van der Waals surface area (Å²) in [6, 6.07) is 17.5. The molecule has 0 spiro atoms. The van der Waals surface area contributed by atoms with Crippen molar-refractivity contribution in [3.05, 3.63) is 82.1 Å². The molecule has 0 aliphatic carbocycles. The summed E-state index contributed by atoms with van der Waals surface area (Å²) in [5.41, 5.74) is 13.8. The van der Waals surface area contributed by atoms with Crippen LogP contribution in [0.4, 0.5) is 0 Å². The third-order valence-corrected chi connectivity index (χ3v) is 5.80. The summed E-state index contributed by atoms with van der Waals surface area (Å²) in [7, 11) is 0. The molecule has 1 heterocycles. The van der Waals surface area contributed by atoms with Crippen LogP contribution in [0.5, 0.6) is 0 Å². The van der Waals surface area contributed by atoms with Gasteiger partial charge in [-0.25, -0.2) is 0 Å². The van der Waals surface area contributed by atoms with Crippen molar-refractivity contribution in [2.75, 3.05) is 0 Å². The summed E-state index contributed by atoms with van der Waals surface area (Å²) >= 11 is 0. The zero-order chi connectivity index (χ0) is 20.4. The molecule has 2 aromatic carbocycles. The molecule has 0 fully saturated rings. The van der Waals surface area contributed by atoms with Crippen LogP contribution >= 0.6 is 0 Å². The van der Waals surface area contributed by atoms with Gasteiger partial charge in [0.15, 0.2) is 0 Å². The molecule has 28 heavy (non-hydrogen) atoms. The molecular formula is C27H31N. The Hall–Kier alpha value is -2.67. The molecule has 1 heteroatoms. The van der Waals surface area contributed by atoms with Crippen LogP contribution in [0.3, 0.4) is 0 Å². The fourth-order valence-corrected chi connectivity index (χ4v) is 3.87. The van der Waals surface area contributed by atoms with E-state index in [0.29, 0.717) is 0 Å². The van der Waals surface area contributed by atoms with E-state index in [0.717, 1.165) is 17.8 Å². The lowest BCUT2D eigenvalue weighted by molar-refractivity contribution is 1.13. The van der Waals surface area contributed by atoms with E-state index in [1.54, 1.807) is 0 Å². The Morgan fingerprint density at radius 3 is 2.07 bits per heavy atom. The maximum atomic E-state index is 5.08. The highest BCUT2D eigenvalue weighted by Gasteiger charge is 2.20. The van der Waals surface area contributed by atoms with Crippen LogP contribution in [0.25, 0.3) is 28.0 Å². The highest BCUT2D eigenvalue weighted by Crippen LogP contribution is 2.40. The van der Waals surface area contributed by atoms with Gasteiger partial charge in [0.1, 0.15) is 0 Å². The monoisotopic (exact) mass is 369 g/mol. The van der Waals surface area contributed by atoms with Crippen molar-refractivity contribution in [1.82, 2.24) is 4.98 Å². The first kappa shape index (κ1) is 20.1. The molecule has 0 saturated heterocycles. The van der Waals surface area contributed by atoms with Crippen LogP contribution in [0.1, 0.15) is 55.6 Å². The lowest BCUT2D eigenvalue weighted by Gasteiger charge is -2.21. The number of nitrogens with zero attached hydrogens (tertiary/aromatic N) is 1. The molecule has 0 amide bonds. The average Bonchev–Trinajstić information content (AvgIpc) is 2.69. The topological polar surface area (TPSA) is 12.9 Å². The van der Waals surface area contributed by atoms with Crippen LogP contribution < -0.4 is 0 Å². The second-order valence-electron chi connectivity index (χ2n) is 7.91. The van der Waals surface area contributed by atoms with Gasteiger partial charge in [0.25, 0.3) is 0 Å². The lowest BCUT2D eigenvalue weighted by atomic mass is 9.85. The standard InChI is InChI=1S/C27H31N/c1-8-22-13-15-23(16-14-22)27-20(6)26(24-12-10-9-11-18(24)4)25(21(7)28-27)19(5)17(2)3/h9-16H,8H2,1-7H3. The molecule has 0 aliphatic rings. The molecule has 0 atom stereocenters. The van der Waals surface area contributed by atoms with E-state index in [2.05, 4.69) is 97.0 Å². The number of pyridine rings is 1. The van der Waals surface area contributed by atoms with Crippen molar-refractivity contribution < 1.29 is 0 Å². The molecule has 1 aromatic heterocycles. The van der Waals surface area contributed by atoms with E-state index in [1.807, 2.05) is 0 Å². The molecule has 0 saturated carbocycles. The Labute approximate surface area is 170 Å². The summed E-state index contributed by atoms with van der Waals surface area (Å²) in [4.78, 5) is 5.08. The second kappa shape index (κ2) is 8.14. The fraction of sp³-hybridized carbons (Fsp3) is 0.296. The number of rotatable bonds is 4. The number of aryl methyl sites for hydroxylation is 3. The molecule has 144 valence electrons. The molecule has 0 radical (unpaired) electrons. The minimum Gasteiger partial charge on any atom is -0.252 e. The quantitative estimate of drug-likeness (QED) is 0.459. The minimum absolute atomic E-state index is 1.05. The van der Waals surface area contributed by atoms with Crippen molar-refractivity contribution in [3.8, 4) is 22.4 Å². The van der Waals surface area contributed by atoms with Crippen LogP contribution in [-0.2, 0) is 6.42 Å². The largest absolute Gasteiger partial charge is 0.252 e. The van der Waals surface area contributed by atoms with E-state index in [1.165, 1.54) is 50.1 Å². The Bertz CT molecular complexity index is 1030. The molecule has 3 rings (SSSR count). The zero-order valence-electron chi connectivity index (χ0n) is 18.3. The van der Waals surface area contributed by atoms with E-state index >= 15 is 0 Å². The van der Waals surface area contributed by atoms with Crippen molar-refractivity contribution in [3.63, 3.8) is 0 Å². The summed E-state index contributed by atoms with van der Waals surface area (Å²) in [5.74, 6) is 0. The first-order valence-corrected chi connectivity index (χ1v) is 10.2. The van der Waals surface area contributed by atoms with Gasteiger partial charge in [-0.15, -0.1) is 0 Å². The number of benzene rings is 2. The van der Waals surface area contributed by atoms with Crippen LogP contribution in [-0.4, -0.2) is 4.98 Å². The van der Waals surface area contributed by atoms with Crippen molar-refractivity contribution in [1.29, 1.82) is 0 Å². The van der Waals surface area contributed by atoms with Gasteiger partial charge in [-0.1, -0.05) is 61.0 Å². The van der Waals surface area contributed by atoms with E-state index < -0.39 is 0 Å². The van der Waals surface area contributed by atoms with Crippen molar-refractivity contribution in [2.24, 2.45) is 0 Å². The first-order chi connectivity index (χ1) is 13.3. The van der Waals surface area contributed by atoms with Gasteiger partial charge in [-0.3, -0.25) is 4.98 Å². The third kappa shape index (κ3) is 3.67. The Balaban J connectivity index is 2.37. The molecule has 0 aliphatic heterocycles. The van der Waals surface area contributed by atoms with Crippen LogP contribution in [0, 0.1) is 20.8 Å². The molecule has 1 nitrogen and oxygen atoms in total. The average molecular weight is 370 g/mol. The van der Waals surface area contributed by atoms with Gasteiger partial charge in [-0.05, 0) is 81.4 Å². The lowest BCUT2D eigenvalue weighted by Crippen LogP contribution is -2.03. The zero-order valence-corrected chi connectivity index (χ0v) is 18.3. The summed E-state index contributed by atoms with van der Waals surface area (Å²) in [6.45, 7) is 15.3. The second-order valence-corrected chi connectivity index (χ2v) is 7.91. The van der Waals surface area contributed by atoms with Crippen molar-refractivity contribution >= 4 is 5.57 Å². The minimum atomic E-state index is 1.05. The maximum absolute atomic E-state index is 5.08. The molecular weight excluding hydrogens is 338 g/mol. The van der Waals surface area contributed by atoms with Crippen molar-refractivity contribution in [2.45, 2.75) is 54.9 Å². The number of hydrogen-bond donors (Lipinski definition) is 0. The number of hydrogen-bond acceptors (Lipinski definition) is 1. The van der Waals surface area contributed by atoms with Gasteiger partial charge in [-0.2, -0.15) is 0 Å². The SMILES string of the molecule is CCc1ccc(-c2nc(C)c(C(C)=C(C)C)c(-c3ccccc3C)c2C)cc1. The third-order valence-electron chi connectivity index (χ3n) is 5.80. The van der Waals surface area contributed by atoms with Crippen LogP contribution in [0.2, 0.25) is 0 Å². The molecule has 0 bridgehead atoms. The molecule has 0 N–H and O–H groups in total. The maximum Gasteiger partial charge on any atom is 0.0740 e. The highest BCUT2D eigenvalue weighted by atomic mass is 14.7. The molecule has 3 aromatic rings. The van der Waals surface area contributed by atoms with E-state index in [9.17, 15) is 0 Å². The molecule has 0 unspecified atom stereocenters. The predicted molar refractivity (Wildman–Crippen MR) is 123 cm³/mol. The van der Waals surface area contributed by atoms with Gasteiger partial charge >= 0.3 is 0 Å². The normalized spacial score (nSPS) is 10.8. The smallest absolute Gasteiger partial charge is 0.0740 e. The fourth-order valence-electron chi connectivity index (χ4n) is 3.87. The predicted octanol–water partition coefficient (Wildman–Crippen LogP) is 7.72. The highest BCUT2D eigenvalue weighted by molar-refractivity contribution is 5.89. The Morgan fingerprint density at radius 1 is 0.857 bits per heavy atom. The summed E-state index contributed by atoms with van der Waals surface area (Å²) < 4.78 is 0. The number of allylic oxidation sites excluding steroid dienone is 2.